The third-order valence-corrected chi connectivity index (χ3v) is 12.3. The van der Waals surface area contributed by atoms with Gasteiger partial charge >= 0.3 is 0 Å². The summed E-state index contributed by atoms with van der Waals surface area (Å²) in [6.07, 6.45) is 0. The summed E-state index contributed by atoms with van der Waals surface area (Å²) < 4.78 is 15.8. The van der Waals surface area contributed by atoms with Gasteiger partial charge in [0.2, 0.25) is 5.89 Å². The second kappa shape index (κ2) is 12.2. The van der Waals surface area contributed by atoms with E-state index in [1.54, 1.807) is 0 Å². The fraction of sp³-hybridized carbons (Fsp3) is 0. The second-order valence-corrected chi connectivity index (χ2v) is 15.4. The Bertz CT molecular complexity index is 3500. The molecule has 0 aliphatic carbocycles. The zero-order chi connectivity index (χ0) is 36.7. The van der Waals surface area contributed by atoms with E-state index in [-0.39, 0.29) is 0 Å². The average Bonchev–Trinajstić information content (AvgIpc) is 3.98. The van der Waals surface area contributed by atoms with Gasteiger partial charge in [0, 0.05) is 65.0 Å². The van der Waals surface area contributed by atoms with Crippen molar-refractivity contribution >= 4 is 103 Å². The van der Waals surface area contributed by atoms with E-state index in [2.05, 4.69) is 157 Å². The molecule has 0 radical (unpaired) electrons. The van der Waals surface area contributed by atoms with Crippen LogP contribution in [0, 0.1) is 0 Å². The summed E-state index contributed by atoms with van der Waals surface area (Å²) in [5, 5.41) is 9.29. The van der Waals surface area contributed by atoms with Gasteiger partial charge in [-0.05, 0) is 81.9 Å². The predicted octanol–water partition coefficient (Wildman–Crippen LogP) is 15.2. The number of rotatable bonds is 5. The lowest BCUT2D eigenvalue weighted by Crippen LogP contribution is -2.09. The molecule has 0 aliphatic heterocycles. The minimum absolute atomic E-state index is 0.581. The molecule has 5 heteroatoms. The monoisotopic (exact) mass is 734 g/mol. The van der Waals surface area contributed by atoms with E-state index >= 15 is 0 Å². The lowest BCUT2D eigenvalue weighted by atomic mass is 10.0. The van der Waals surface area contributed by atoms with Crippen molar-refractivity contribution in [1.82, 2.24) is 4.98 Å². The molecule has 0 bridgehead atoms. The first-order chi connectivity index (χ1) is 27.7. The largest absolute Gasteiger partial charge is 0.456 e. The maximum absolute atomic E-state index is 6.67. The molecule has 0 N–H and O–H groups in total. The predicted molar refractivity (Wildman–Crippen MR) is 235 cm³/mol. The molecule has 9 aromatic carbocycles. The van der Waals surface area contributed by atoms with Crippen LogP contribution in [0.1, 0.15) is 0 Å². The lowest BCUT2D eigenvalue weighted by Gasteiger charge is -2.26. The van der Waals surface area contributed by atoms with Gasteiger partial charge in [-0.25, -0.2) is 4.98 Å². The summed E-state index contributed by atoms with van der Waals surface area (Å²) in [4.78, 5) is 7.31. The maximum Gasteiger partial charge on any atom is 0.228 e. The van der Waals surface area contributed by atoms with Crippen molar-refractivity contribution in [2.75, 3.05) is 4.90 Å². The van der Waals surface area contributed by atoms with Gasteiger partial charge in [-0.15, -0.1) is 11.3 Å². The molecule has 0 unspecified atom stereocenters. The quantitative estimate of drug-likeness (QED) is 0.177. The molecule has 262 valence electrons. The minimum Gasteiger partial charge on any atom is -0.456 e. The van der Waals surface area contributed by atoms with Gasteiger partial charge in [0.15, 0.2) is 5.58 Å². The number of oxazole rings is 1. The molecule has 0 atom stereocenters. The van der Waals surface area contributed by atoms with Gasteiger partial charge in [0.1, 0.15) is 16.7 Å². The van der Waals surface area contributed by atoms with Gasteiger partial charge in [-0.3, -0.25) is 0 Å². The van der Waals surface area contributed by atoms with E-state index in [0.29, 0.717) is 5.89 Å². The highest BCUT2D eigenvalue weighted by Gasteiger charge is 2.21. The minimum atomic E-state index is 0.581. The fourth-order valence-electron chi connectivity index (χ4n) is 8.44. The van der Waals surface area contributed by atoms with Crippen LogP contribution in [-0.4, -0.2) is 4.98 Å². The van der Waals surface area contributed by atoms with Crippen molar-refractivity contribution in [2.45, 2.75) is 0 Å². The average molecular weight is 735 g/mol. The Balaban J connectivity index is 1.04. The highest BCUT2D eigenvalue weighted by molar-refractivity contribution is 7.26. The Kier molecular flexibility index (Phi) is 6.76. The topological polar surface area (TPSA) is 42.4 Å². The van der Waals surface area contributed by atoms with E-state index < -0.39 is 0 Å². The molecule has 0 amide bonds. The number of anilines is 3. The van der Waals surface area contributed by atoms with Crippen LogP contribution in [0.4, 0.5) is 17.1 Å². The molecule has 12 rings (SSSR count). The van der Waals surface area contributed by atoms with Crippen LogP contribution in [0.3, 0.4) is 0 Å². The first-order valence-electron chi connectivity index (χ1n) is 18.8. The number of aromatic nitrogens is 1. The molecule has 0 fully saturated rings. The molecular formula is C51H30N2O2S. The first kappa shape index (κ1) is 31.2. The van der Waals surface area contributed by atoms with Crippen LogP contribution in [0.25, 0.3) is 97.3 Å². The number of nitrogens with zero attached hydrogens (tertiary/aromatic N) is 2. The van der Waals surface area contributed by atoms with Crippen molar-refractivity contribution < 1.29 is 8.83 Å². The van der Waals surface area contributed by atoms with Crippen molar-refractivity contribution in [2.24, 2.45) is 0 Å². The van der Waals surface area contributed by atoms with Gasteiger partial charge in [-0.2, -0.15) is 0 Å². The van der Waals surface area contributed by atoms with E-state index in [1.807, 2.05) is 41.7 Å². The molecule has 0 saturated carbocycles. The van der Waals surface area contributed by atoms with E-state index in [0.717, 1.165) is 72.0 Å². The Morgan fingerprint density at radius 1 is 0.446 bits per heavy atom. The zero-order valence-corrected chi connectivity index (χ0v) is 30.8. The number of fused-ring (bicyclic) bond motifs is 11. The molecule has 0 saturated heterocycles. The summed E-state index contributed by atoms with van der Waals surface area (Å²) >= 11 is 1.86. The summed E-state index contributed by atoms with van der Waals surface area (Å²) in [7, 11) is 0. The highest BCUT2D eigenvalue weighted by atomic mass is 32.1. The number of hydrogen-bond acceptors (Lipinski definition) is 5. The molecule has 56 heavy (non-hydrogen) atoms. The fourth-order valence-corrected chi connectivity index (χ4v) is 9.71. The van der Waals surface area contributed by atoms with Crippen LogP contribution in [-0.2, 0) is 0 Å². The third-order valence-electron chi connectivity index (χ3n) is 11.1. The normalized spacial score (nSPS) is 11.9. The molecule has 12 aromatic rings. The highest BCUT2D eigenvalue weighted by Crippen LogP contribution is 2.45. The van der Waals surface area contributed by atoms with Crippen molar-refractivity contribution in [3.8, 4) is 22.6 Å². The van der Waals surface area contributed by atoms with Crippen molar-refractivity contribution in [3.05, 3.63) is 182 Å². The van der Waals surface area contributed by atoms with E-state index in [4.69, 9.17) is 13.8 Å². The molecule has 0 spiro atoms. The SMILES string of the molecule is c1ccc(-c2cccc(N(c3ccc4c(c3)oc3cccc(-c5nc6ccc7ccccc7c6o5)c34)c3ccc4c(c3)sc3c5ccccc5ccc43)c2)cc1. The van der Waals surface area contributed by atoms with Crippen LogP contribution >= 0.6 is 11.3 Å². The number of thiophene rings is 1. The Morgan fingerprint density at radius 3 is 2.04 bits per heavy atom. The molecule has 0 aliphatic rings. The Morgan fingerprint density at radius 2 is 1.14 bits per heavy atom. The lowest BCUT2D eigenvalue weighted by molar-refractivity contribution is 0.623. The second-order valence-electron chi connectivity index (χ2n) is 14.3. The summed E-state index contributed by atoms with van der Waals surface area (Å²) in [5.41, 5.74) is 9.60. The van der Waals surface area contributed by atoms with Gasteiger partial charge in [-0.1, -0.05) is 121 Å². The summed E-state index contributed by atoms with van der Waals surface area (Å²) in [6, 6.07) is 64.4. The van der Waals surface area contributed by atoms with Crippen LogP contribution in [0.2, 0.25) is 0 Å². The summed E-state index contributed by atoms with van der Waals surface area (Å²) in [5.74, 6) is 0.581. The Labute approximate surface area is 325 Å². The molecule has 3 aromatic heterocycles. The van der Waals surface area contributed by atoms with E-state index in [9.17, 15) is 0 Å². The van der Waals surface area contributed by atoms with Crippen LogP contribution in [0.15, 0.2) is 191 Å². The molecule has 4 nitrogen and oxygen atoms in total. The van der Waals surface area contributed by atoms with Crippen molar-refractivity contribution in [1.29, 1.82) is 0 Å². The van der Waals surface area contributed by atoms with Crippen LogP contribution in [0.5, 0.6) is 0 Å². The van der Waals surface area contributed by atoms with Crippen LogP contribution < -0.4 is 4.90 Å². The number of furan rings is 1. The maximum atomic E-state index is 6.67. The van der Waals surface area contributed by atoms with E-state index in [1.165, 1.54) is 36.5 Å². The smallest absolute Gasteiger partial charge is 0.228 e. The third kappa shape index (κ3) is 4.81. The molecule has 3 heterocycles. The van der Waals surface area contributed by atoms with Gasteiger partial charge in [0.05, 0.1) is 0 Å². The van der Waals surface area contributed by atoms with Gasteiger partial charge in [0.25, 0.3) is 0 Å². The number of benzene rings is 9. The van der Waals surface area contributed by atoms with Crippen molar-refractivity contribution in [3.63, 3.8) is 0 Å². The number of hydrogen-bond donors (Lipinski definition) is 0. The molecular weight excluding hydrogens is 705 g/mol. The zero-order valence-electron chi connectivity index (χ0n) is 29.9. The summed E-state index contributed by atoms with van der Waals surface area (Å²) in [6.45, 7) is 0. The van der Waals surface area contributed by atoms with Gasteiger partial charge < -0.3 is 13.7 Å². The first-order valence-corrected chi connectivity index (χ1v) is 19.6. The standard InChI is InChI=1S/C51H30N2O2S/c1-2-10-31(11-3-1)34-14-8-15-35(28-34)53(37-22-25-40-41-24-20-33-13-5-7-17-39(33)50(41)56-47(40)30-37)36-23-26-42-46(29-36)54-45-19-9-18-43(48(42)45)51-52-44-27-21-32-12-4-6-16-38(32)49(44)55-51/h1-30H. The Hall–Kier alpha value is -7.21.